The molecule has 1 aliphatic rings. The molecule has 0 radical (unpaired) electrons. The standard InChI is InChI=1S/C17H19N3O/c21-14-16-7-4-8-18-17(16)20-11-9-19(10-12-20)13-15-5-2-1-3-6-15/h1-8,14H,9-13H2/p+2. The van der Waals surface area contributed by atoms with Crippen LogP contribution in [0.25, 0.3) is 0 Å². The first-order valence-electron chi connectivity index (χ1n) is 7.45. The Morgan fingerprint density at radius 1 is 1.10 bits per heavy atom. The van der Waals surface area contributed by atoms with E-state index in [1.54, 1.807) is 4.90 Å². The number of carbonyl (C=O) groups is 1. The zero-order valence-electron chi connectivity index (χ0n) is 12.1. The summed E-state index contributed by atoms with van der Waals surface area (Å²) in [5.41, 5.74) is 2.13. The van der Waals surface area contributed by atoms with E-state index >= 15 is 0 Å². The first-order chi connectivity index (χ1) is 10.4. The van der Waals surface area contributed by atoms with E-state index in [1.165, 1.54) is 5.56 Å². The van der Waals surface area contributed by atoms with Gasteiger partial charge in [0.05, 0.1) is 6.20 Å². The summed E-state index contributed by atoms with van der Waals surface area (Å²) >= 11 is 0. The smallest absolute Gasteiger partial charge is 0.285 e. The minimum Gasteiger partial charge on any atom is -0.325 e. The summed E-state index contributed by atoms with van der Waals surface area (Å²) in [6.45, 7) is 5.21. The third kappa shape index (κ3) is 3.28. The van der Waals surface area contributed by atoms with Crippen molar-refractivity contribution in [3.8, 4) is 0 Å². The Morgan fingerprint density at radius 2 is 1.86 bits per heavy atom. The van der Waals surface area contributed by atoms with Gasteiger partial charge in [-0.1, -0.05) is 30.3 Å². The lowest BCUT2D eigenvalue weighted by Crippen LogP contribution is -3.13. The highest BCUT2D eigenvalue weighted by atomic mass is 16.1. The molecule has 1 aromatic carbocycles. The summed E-state index contributed by atoms with van der Waals surface area (Å²) in [6, 6.07) is 14.4. The number of hydrogen-bond acceptors (Lipinski definition) is 2. The van der Waals surface area contributed by atoms with Gasteiger partial charge in [-0.25, -0.2) is 9.88 Å². The maximum Gasteiger partial charge on any atom is 0.285 e. The number of nitrogens with zero attached hydrogens (tertiary/aromatic N) is 1. The van der Waals surface area contributed by atoms with Crippen LogP contribution in [0.4, 0.5) is 5.82 Å². The zero-order valence-corrected chi connectivity index (χ0v) is 12.1. The van der Waals surface area contributed by atoms with Crippen LogP contribution in [-0.2, 0) is 6.54 Å². The van der Waals surface area contributed by atoms with Gasteiger partial charge in [0.25, 0.3) is 5.82 Å². The summed E-state index contributed by atoms with van der Waals surface area (Å²) < 4.78 is 0. The Labute approximate surface area is 125 Å². The molecule has 0 saturated carbocycles. The number of aldehydes is 1. The molecule has 0 bridgehead atoms. The lowest BCUT2D eigenvalue weighted by molar-refractivity contribution is -0.914. The topological polar surface area (TPSA) is 38.9 Å². The summed E-state index contributed by atoms with van der Waals surface area (Å²) in [4.78, 5) is 18.2. The molecule has 21 heavy (non-hydrogen) atoms. The Kier molecular flexibility index (Phi) is 4.26. The molecule has 1 aromatic heterocycles. The van der Waals surface area contributed by atoms with Crippen molar-refractivity contribution in [1.82, 2.24) is 0 Å². The van der Waals surface area contributed by atoms with Gasteiger partial charge >= 0.3 is 0 Å². The van der Waals surface area contributed by atoms with Crippen molar-refractivity contribution in [2.24, 2.45) is 0 Å². The average Bonchev–Trinajstić information content (AvgIpc) is 2.56. The second-order valence-electron chi connectivity index (χ2n) is 5.49. The second kappa shape index (κ2) is 6.50. The lowest BCUT2D eigenvalue weighted by atomic mass is 10.2. The Hall–Kier alpha value is -2.20. The van der Waals surface area contributed by atoms with Crippen LogP contribution in [0.15, 0.2) is 48.7 Å². The molecule has 1 aliphatic heterocycles. The van der Waals surface area contributed by atoms with Crippen molar-refractivity contribution in [2.45, 2.75) is 6.54 Å². The fourth-order valence-corrected chi connectivity index (χ4v) is 2.92. The molecule has 2 heterocycles. The highest BCUT2D eigenvalue weighted by molar-refractivity contribution is 5.81. The summed E-state index contributed by atoms with van der Waals surface area (Å²) in [5, 5.41) is 0. The maximum absolute atomic E-state index is 11.1. The normalized spacial score (nSPS) is 15.9. The highest BCUT2D eigenvalue weighted by Crippen LogP contribution is 2.11. The molecule has 4 heteroatoms. The highest BCUT2D eigenvalue weighted by Gasteiger charge is 2.27. The number of piperazine rings is 1. The summed E-state index contributed by atoms with van der Waals surface area (Å²) in [6.07, 6.45) is 2.81. The molecule has 0 aliphatic carbocycles. The van der Waals surface area contributed by atoms with Gasteiger partial charge in [-0.05, 0) is 12.1 Å². The molecule has 0 atom stereocenters. The summed E-state index contributed by atoms with van der Waals surface area (Å²) in [7, 11) is 0. The molecule has 1 saturated heterocycles. The fourth-order valence-electron chi connectivity index (χ4n) is 2.92. The van der Waals surface area contributed by atoms with Gasteiger partial charge in [0.1, 0.15) is 38.3 Å². The molecule has 2 aromatic rings. The number of hydrogen-bond donors (Lipinski definition) is 1. The largest absolute Gasteiger partial charge is 0.325 e. The number of H-pyrrole nitrogens is 1. The molecule has 2 N–H and O–H groups in total. The van der Waals surface area contributed by atoms with Crippen molar-refractivity contribution >= 4 is 12.1 Å². The van der Waals surface area contributed by atoms with E-state index in [0.29, 0.717) is 0 Å². The van der Waals surface area contributed by atoms with Crippen LogP contribution in [0.5, 0.6) is 0 Å². The van der Waals surface area contributed by atoms with Crippen molar-refractivity contribution in [3.63, 3.8) is 0 Å². The Morgan fingerprint density at radius 3 is 2.57 bits per heavy atom. The van der Waals surface area contributed by atoms with Crippen molar-refractivity contribution in [3.05, 3.63) is 59.8 Å². The molecule has 108 valence electrons. The van der Waals surface area contributed by atoms with Crippen LogP contribution in [0, 0.1) is 0 Å². The first-order valence-corrected chi connectivity index (χ1v) is 7.45. The van der Waals surface area contributed by atoms with Crippen LogP contribution in [-0.4, -0.2) is 32.5 Å². The molecular weight excluding hydrogens is 262 g/mol. The molecule has 3 rings (SSSR count). The summed E-state index contributed by atoms with van der Waals surface area (Å²) in [5.74, 6) is 0.950. The van der Waals surface area contributed by atoms with Gasteiger partial charge < -0.3 is 4.90 Å². The lowest BCUT2D eigenvalue weighted by Gasteiger charge is -2.28. The average molecular weight is 283 g/mol. The third-order valence-corrected chi connectivity index (χ3v) is 4.08. The SMILES string of the molecule is O=Cc1ccc[nH+]c1N1CC[NH+](Cc2ccccc2)CC1. The van der Waals surface area contributed by atoms with Crippen LogP contribution in [0.3, 0.4) is 0 Å². The van der Waals surface area contributed by atoms with E-state index in [2.05, 4.69) is 40.2 Å². The van der Waals surface area contributed by atoms with Gasteiger partial charge in [-0.15, -0.1) is 0 Å². The number of benzene rings is 1. The van der Waals surface area contributed by atoms with Crippen LogP contribution in [0.2, 0.25) is 0 Å². The maximum atomic E-state index is 11.1. The van der Waals surface area contributed by atoms with Crippen molar-refractivity contribution in [2.75, 3.05) is 31.1 Å². The van der Waals surface area contributed by atoms with Crippen molar-refractivity contribution in [1.29, 1.82) is 0 Å². The van der Waals surface area contributed by atoms with Crippen molar-refractivity contribution < 1.29 is 14.7 Å². The van der Waals surface area contributed by atoms with Gasteiger partial charge in [-0.3, -0.25) is 4.79 Å². The van der Waals surface area contributed by atoms with E-state index in [-0.39, 0.29) is 0 Å². The number of quaternary nitrogens is 1. The second-order valence-corrected chi connectivity index (χ2v) is 5.49. The van der Waals surface area contributed by atoms with Gasteiger partial charge in [0.15, 0.2) is 6.29 Å². The van der Waals surface area contributed by atoms with Gasteiger partial charge in [0, 0.05) is 5.56 Å². The molecule has 0 unspecified atom stereocenters. The Balaban J connectivity index is 1.61. The fraction of sp³-hybridized carbons (Fsp3) is 0.294. The monoisotopic (exact) mass is 283 g/mol. The quantitative estimate of drug-likeness (QED) is 0.815. The minimum absolute atomic E-state index is 0.740. The number of nitrogens with one attached hydrogen (secondary N) is 2. The van der Waals surface area contributed by atoms with E-state index < -0.39 is 0 Å². The van der Waals surface area contributed by atoms with Crippen LogP contribution >= 0.6 is 0 Å². The molecule has 1 fully saturated rings. The van der Waals surface area contributed by atoms with E-state index in [1.807, 2.05) is 18.3 Å². The number of rotatable bonds is 4. The third-order valence-electron chi connectivity index (χ3n) is 4.08. The number of carbonyl (C=O) groups excluding carboxylic acids is 1. The molecule has 4 nitrogen and oxygen atoms in total. The predicted molar refractivity (Wildman–Crippen MR) is 81.4 cm³/mol. The number of aromatic nitrogens is 1. The minimum atomic E-state index is 0.740. The number of anilines is 1. The van der Waals surface area contributed by atoms with E-state index in [0.717, 1.165) is 50.4 Å². The predicted octanol–water partition coefficient (Wildman–Crippen LogP) is 0.218. The van der Waals surface area contributed by atoms with E-state index in [9.17, 15) is 4.79 Å². The van der Waals surface area contributed by atoms with Crippen LogP contribution < -0.4 is 14.8 Å². The number of pyridine rings is 1. The Bertz CT molecular complexity index is 592. The zero-order chi connectivity index (χ0) is 14.5. The first kappa shape index (κ1) is 13.8. The molecule has 0 amide bonds. The molecular formula is C17H21N3O+2. The van der Waals surface area contributed by atoms with E-state index in [4.69, 9.17) is 0 Å². The molecule has 0 spiro atoms. The van der Waals surface area contributed by atoms with Crippen LogP contribution in [0.1, 0.15) is 15.9 Å². The number of aromatic amines is 1. The van der Waals surface area contributed by atoms with Gasteiger partial charge in [-0.2, -0.15) is 0 Å². The van der Waals surface area contributed by atoms with Gasteiger partial charge in [0.2, 0.25) is 0 Å².